The van der Waals surface area contributed by atoms with Crippen molar-refractivity contribution in [2.45, 2.75) is 96.3 Å². The van der Waals surface area contributed by atoms with Gasteiger partial charge in [0.25, 0.3) is 0 Å². The van der Waals surface area contributed by atoms with Crippen LogP contribution < -0.4 is 0 Å². The lowest BCUT2D eigenvalue weighted by molar-refractivity contribution is -0.319. The van der Waals surface area contributed by atoms with Crippen molar-refractivity contribution in [1.82, 2.24) is 0 Å². The third kappa shape index (κ3) is 4.78. The van der Waals surface area contributed by atoms with Gasteiger partial charge in [0.1, 0.15) is 30.0 Å². The van der Waals surface area contributed by atoms with Crippen molar-refractivity contribution in [2.24, 2.45) is 17.8 Å². The second kappa shape index (κ2) is 9.48. The zero-order chi connectivity index (χ0) is 24.0. The number of fused-ring (bicyclic) bond motifs is 1. The maximum atomic E-state index is 12.4. The topological polar surface area (TPSA) is 143 Å². The van der Waals surface area contributed by atoms with Crippen LogP contribution in [0.4, 0.5) is 0 Å². The highest BCUT2D eigenvalue weighted by Gasteiger charge is 2.50. The van der Waals surface area contributed by atoms with Gasteiger partial charge in [0, 0.05) is 19.3 Å². The smallest absolute Gasteiger partial charge is 0.303 e. The van der Waals surface area contributed by atoms with Crippen LogP contribution in [-0.4, -0.2) is 81.2 Å². The number of carbonyl (C=O) groups excluding carboxylic acids is 2. The summed E-state index contributed by atoms with van der Waals surface area (Å²) >= 11 is 0. The number of ether oxygens (including phenoxy) is 3. The highest BCUT2D eigenvalue weighted by Crippen LogP contribution is 2.48. The molecule has 3 aliphatic rings. The van der Waals surface area contributed by atoms with Crippen molar-refractivity contribution in [1.29, 1.82) is 0 Å². The summed E-state index contributed by atoms with van der Waals surface area (Å²) in [6.45, 7) is 8.24. The van der Waals surface area contributed by atoms with E-state index in [0.29, 0.717) is 19.3 Å². The summed E-state index contributed by atoms with van der Waals surface area (Å²) in [5.74, 6) is -0.513. The zero-order valence-electron chi connectivity index (χ0n) is 19.4. The first kappa shape index (κ1) is 25.3. The fourth-order valence-electron chi connectivity index (χ4n) is 5.49. The molecule has 182 valence electrons. The first-order valence-electron chi connectivity index (χ1n) is 11.3. The van der Waals surface area contributed by atoms with Gasteiger partial charge in [-0.25, -0.2) is 0 Å². The molecule has 0 aromatic heterocycles. The number of rotatable bonds is 5. The average Bonchev–Trinajstić information content (AvgIpc) is 2.90. The molecule has 2 aliphatic carbocycles. The monoisotopic (exact) mass is 456 g/mol. The molecule has 0 amide bonds. The first-order valence-corrected chi connectivity index (χ1v) is 11.3. The molecule has 3 rings (SSSR count). The Morgan fingerprint density at radius 2 is 1.81 bits per heavy atom. The molecule has 9 unspecified atom stereocenters. The van der Waals surface area contributed by atoms with Crippen molar-refractivity contribution in [3.8, 4) is 0 Å². The van der Waals surface area contributed by atoms with E-state index < -0.39 is 55.0 Å². The number of Topliss-reactive ketones (excluding diaryl/α,β-unsaturated/α-hetero) is 1. The third-order valence-electron chi connectivity index (χ3n) is 7.39. The van der Waals surface area contributed by atoms with E-state index in [0.717, 1.165) is 11.1 Å². The van der Waals surface area contributed by atoms with Gasteiger partial charge >= 0.3 is 5.97 Å². The Morgan fingerprint density at radius 3 is 2.41 bits per heavy atom. The van der Waals surface area contributed by atoms with E-state index in [4.69, 9.17) is 14.2 Å². The SMILES string of the molecule is CC(=O)OC(C)(C)C1CC2=C(C)C(=O)CC2C(C)CC1OC1OC(CO)C(O)C(O)C1O. The number of carbonyl (C=O) groups is 2. The molecule has 9 atom stereocenters. The molecule has 0 radical (unpaired) electrons. The Balaban J connectivity index is 1.94. The Kier molecular flexibility index (Phi) is 7.49. The maximum Gasteiger partial charge on any atom is 0.303 e. The van der Waals surface area contributed by atoms with Crippen LogP contribution in [0.2, 0.25) is 0 Å². The lowest BCUT2D eigenvalue weighted by atomic mass is 9.80. The van der Waals surface area contributed by atoms with E-state index in [1.54, 1.807) is 13.8 Å². The zero-order valence-corrected chi connectivity index (χ0v) is 19.4. The molecular weight excluding hydrogens is 420 g/mol. The van der Waals surface area contributed by atoms with Gasteiger partial charge in [-0.2, -0.15) is 0 Å². The largest absolute Gasteiger partial charge is 0.459 e. The molecular formula is C23H36O9. The summed E-state index contributed by atoms with van der Waals surface area (Å²) in [7, 11) is 0. The first-order chi connectivity index (χ1) is 14.9. The number of esters is 1. The number of allylic oxidation sites excluding steroid dienone is 2. The summed E-state index contributed by atoms with van der Waals surface area (Å²) in [6.07, 6.45) is -6.02. The van der Waals surface area contributed by atoms with Crippen LogP contribution in [0.1, 0.15) is 53.9 Å². The van der Waals surface area contributed by atoms with Crippen molar-refractivity contribution in [3.05, 3.63) is 11.1 Å². The minimum atomic E-state index is -1.55. The van der Waals surface area contributed by atoms with Gasteiger partial charge in [-0.1, -0.05) is 12.5 Å². The molecule has 1 saturated carbocycles. The van der Waals surface area contributed by atoms with E-state index in [9.17, 15) is 30.0 Å². The molecule has 1 saturated heterocycles. The Morgan fingerprint density at radius 1 is 1.16 bits per heavy atom. The molecule has 0 spiro atoms. The van der Waals surface area contributed by atoms with Gasteiger partial charge in [0.2, 0.25) is 0 Å². The Hall–Kier alpha value is -1.36. The molecule has 2 fully saturated rings. The summed E-state index contributed by atoms with van der Waals surface area (Å²) in [6, 6.07) is 0. The Bertz CT molecular complexity index is 759. The highest BCUT2D eigenvalue weighted by molar-refractivity contribution is 5.98. The van der Waals surface area contributed by atoms with E-state index in [-0.39, 0.29) is 23.5 Å². The molecule has 32 heavy (non-hydrogen) atoms. The van der Waals surface area contributed by atoms with Crippen LogP contribution in [0.15, 0.2) is 11.1 Å². The summed E-state index contributed by atoms with van der Waals surface area (Å²) in [5.41, 5.74) is 0.851. The number of hydrogen-bond donors (Lipinski definition) is 4. The van der Waals surface area contributed by atoms with Crippen LogP contribution in [-0.2, 0) is 23.8 Å². The lowest BCUT2D eigenvalue weighted by Gasteiger charge is -2.44. The predicted octanol–water partition coefficient (Wildman–Crippen LogP) is 0.465. The molecule has 4 N–H and O–H groups in total. The number of aliphatic hydroxyl groups excluding tert-OH is 4. The second-order valence-corrected chi connectivity index (χ2v) is 9.98. The summed E-state index contributed by atoms with van der Waals surface area (Å²) in [4.78, 5) is 24.2. The van der Waals surface area contributed by atoms with E-state index in [1.807, 2.05) is 13.8 Å². The van der Waals surface area contributed by atoms with Crippen LogP contribution in [0.5, 0.6) is 0 Å². The third-order valence-corrected chi connectivity index (χ3v) is 7.39. The average molecular weight is 457 g/mol. The van der Waals surface area contributed by atoms with Crippen LogP contribution >= 0.6 is 0 Å². The van der Waals surface area contributed by atoms with Crippen LogP contribution in [0.3, 0.4) is 0 Å². The van der Waals surface area contributed by atoms with Gasteiger partial charge in [0.05, 0.1) is 12.7 Å². The van der Waals surface area contributed by atoms with Crippen molar-refractivity contribution >= 4 is 11.8 Å². The summed E-state index contributed by atoms with van der Waals surface area (Å²) in [5, 5.41) is 40.2. The minimum absolute atomic E-state index is 0.0709. The van der Waals surface area contributed by atoms with Gasteiger partial charge in [-0.05, 0) is 51.0 Å². The summed E-state index contributed by atoms with van der Waals surface area (Å²) < 4.78 is 17.4. The fourth-order valence-corrected chi connectivity index (χ4v) is 5.49. The van der Waals surface area contributed by atoms with Gasteiger partial charge in [-0.15, -0.1) is 0 Å². The Labute approximate surface area is 188 Å². The molecule has 9 heteroatoms. The number of aliphatic hydroxyl groups is 4. The highest BCUT2D eigenvalue weighted by atomic mass is 16.7. The van der Waals surface area contributed by atoms with Crippen molar-refractivity contribution in [3.63, 3.8) is 0 Å². The fraction of sp³-hybridized carbons (Fsp3) is 0.826. The molecule has 0 bridgehead atoms. The van der Waals surface area contributed by atoms with Gasteiger partial charge < -0.3 is 34.6 Å². The van der Waals surface area contributed by atoms with Crippen molar-refractivity contribution < 1.29 is 44.2 Å². The van der Waals surface area contributed by atoms with Gasteiger partial charge in [-0.3, -0.25) is 9.59 Å². The van der Waals surface area contributed by atoms with E-state index >= 15 is 0 Å². The molecule has 0 aromatic rings. The predicted molar refractivity (Wildman–Crippen MR) is 112 cm³/mol. The lowest BCUT2D eigenvalue weighted by Crippen LogP contribution is -2.60. The molecule has 0 aromatic carbocycles. The van der Waals surface area contributed by atoms with Crippen LogP contribution in [0.25, 0.3) is 0 Å². The quantitative estimate of drug-likeness (QED) is 0.434. The standard InChI is InChI=1S/C23H36O9/c1-10-6-17(30-22-21(29)20(28)19(27)18(9-24)31-22)15(23(4,5)32-12(3)25)7-14-11(2)16(26)8-13(10)14/h10,13,15,17-22,24,27-29H,6-9H2,1-5H3. The molecule has 1 heterocycles. The van der Waals surface area contributed by atoms with E-state index in [1.165, 1.54) is 6.92 Å². The molecule has 1 aliphatic heterocycles. The van der Waals surface area contributed by atoms with E-state index in [2.05, 4.69) is 0 Å². The second-order valence-electron chi connectivity index (χ2n) is 9.98. The normalized spacial score (nSPS) is 40.8. The van der Waals surface area contributed by atoms with Crippen LogP contribution in [0, 0.1) is 17.8 Å². The number of hydrogen-bond acceptors (Lipinski definition) is 9. The minimum Gasteiger partial charge on any atom is -0.459 e. The number of ketones is 1. The van der Waals surface area contributed by atoms with Crippen molar-refractivity contribution in [2.75, 3.05) is 6.61 Å². The molecule has 9 nitrogen and oxygen atoms in total. The van der Waals surface area contributed by atoms with Gasteiger partial charge in [0.15, 0.2) is 12.1 Å². The maximum absolute atomic E-state index is 12.4.